The van der Waals surface area contributed by atoms with Gasteiger partial charge >= 0.3 is 5.97 Å². The van der Waals surface area contributed by atoms with Gasteiger partial charge < -0.3 is 10.5 Å². The molecule has 0 unspecified atom stereocenters. The highest BCUT2D eigenvalue weighted by Gasteiger charge is 2.14. The fourth-order valence-electron chi connectivity index (χ4n) is 1.54. The maximum atomic E-state index is 11.9. The average molecular weight is 321 g/mol. The molecule has 6 nitrogen and oxygen atoms in total. The van der Waals surface area contributed by atoms with Gasteiger partial charge in [-0.1, -0.05) is 11.6 Å². The van der Waals surface area contributed by atoms with Crippen LogP contribution in [0.15, 0.2) is 12.1 Å². The fourth-order valence-corrected chi connectivity index (χ4v) is 2.89. The Bertz CT molecular complexity index is 602. The number of halogens is 1. The predicted octanol–water partition coefficient (Wildman–Crippen LogP) is 1.93. The van der Waals surface area contributed by atoms with Crippen LogP contribution >= 0.6 is 11.6 Å². The third-order valence-corrected chi connectivity index (χ3v) is 4.32. The van der Waals surface area contributed by atoms with Gasteiger partial charge in [-0.25, -0.2) is 8.42 Å². The maximum Gasteiger partial charge on any atom is 0.305 e. The van der Waals surface area contributed by atoms with Crippen molar-refractivity contribution in [3.05, 3.63) is 22.7 Å². The standard InChI is InChI=1S/C12H17ClN2O4S/c1-8-6-10(14)9(13)7-11(8)15-20(17,18)5-3-4-12(16)19-2/h6-7,15H,3-5,14H2,1-2H3. The number of benzene rings is 1. The molecular weight excluding hydrogens is 304 g/mol. The molecule has 3 N–H and O–H groups in total. The number of sulfonamides is 1. The lowest BCUT2D eigenvalue weighted by Gasteiger charge is -2.12. The Kier molecular flexibility index (Phi) is 5.64. The molecule has 0 aliphatic rings. The summed E-state index contributed by atoms with van der Waals surface area (Å²) >= 11 is 5.86. The lowest BCUT2D eigenvalue weighted by Crippen LogP contribution is -2.18. The largest absolute Gasteiger partial charge is 0.469 e. The highest BCUT2D eigenvalue weighted by Crippen LogP contribution is 2.27. The summed E-state index contributed by atoms with van der Waals surface area (Å²) in [7, 11) is -2.29. The van der Waals surface area contributed by atoms with Crippen molar-refractivity contribution in [1.29, 1.82) is 0 Å². The average Bonchev–Trinajstić information content (AvgIpc) is 2.35. The molecule has 0 aliphatic carbocycles. The number of nitrogens with two attached hydrogens (primary N) is 1. The first-order valence-electron chi connectivity index (χ1n) is 5.88. The molecule has 1 rings (SSSR count). The molecule has 0 radical (unpaired) electrons. The SMILES string of the molecule is COC(=O)CCCS(=O)(=O)Nc1cc(Cl)c(N)cc1C. The first kappa shape index (κ1) is 16.6. The van der Waals surface area contributed by atoms with E-state index in [2.05, 4.69) is 9.46 Å². The Labute approximate surface area is 123 Å². The molecule has 0 fully saturated rings. The number of aryl methyl sites for hydroxylation is 1. The van der Waals surface area contributed by atoms with E-state index in [-0.39, 0.29) is 23.6 Å². The second-order valence-corrected chi connectivity index (χ2v) is 6.54. The minimum absolute atomic E-state index is 0.0545. The van der Waals surface area contributed by atoms with Gasteiger partial charge in [0.05, 0.1) is 29.3 Å². The number of anilines is 2. The number of hydrogen-bond donors (Lipinski definition) is 2. The Morgan fingerprint density at radius 1 is 1.45 bits per heavy atom. The molecule has 0 aromatic heterocycles. The van der Waals surface area contributed by atoms with Crippen molar-refractivity contribution >= 4 is 39.0 Å². The lowest BCUT2D eigenvalue weighted by atomic mass is 10.2. The molecule has 112 valence electrons. The van der Waals surface area contributed by atoms with Gasteiger partial charge in [-0.05, 0) is 31.0 Å². The smallest absolute Gasteiger partial charge is 0.305 e. The van der Waals surface area contributed by atoms with Gasteiger partial charge in [-0.15, -0.1) is 0 Å². The van der Waals surface area contributed by atoms with Crippen molar-refractivity contribution in [2.45, 2.75) is 19.8 Å². The van der Waals surface area contributed by atoms with E-state index in [1.807, 2.05) is 0 Å². The zero-order chi connectivity index (χ0) is 15.3. The molecule has 1 aromatic rings. The van der Waals surface area contributed by atoms with Crippen LogP contribution in [0.2, 0.25) is 5.02 Å². The molecule has 20 heavy (non-hydrogen) atoms. The molecule has 0 bridgehead atoms. The van der Waals surface area contributed by atoms with E-state index in [9.17, 15) is 13.2 Å². The van der Waals surface area contributed by atoms with Gasteiger partial charge in [0.25, 0.3) is 0 Å². The van der Waals surface area contributed by atoms with Gasteiger partial charge in [0, 0.05) is 6.42 Å². The molecule has 0 atom stereocenters. The van der Waals surface area contributed by atoms with E-state index in [4.69, 9.17) is 17.3 Å². The Morgan fingerprint density at radius 3 is 2.70 bits per heavy atom. The van der Waals surface area contributed by atoms with Crippen LogP contribution < -0.4 is 10.5 Å². The summed E-state index contributed by atoms with van der Waals surface area (Å²) in [5.74, 6) is -0.615. The quantitative estimate of drug-likeness (QED) is 0.616. The van der Waals surface area contributed by atoms with Crippen molar-refractivity contribution < 1.29 is 17.9 Å². The zero-order valence-electron chi connectivity index (χ0n) is 11.3. The highest BCUT2D eigenvalue weighted by atomic mass is 35.5. The van der Waals surface area contributed by atoms with Crippen LogP contribution in [0.25, 0.3) is 0 Å². The van der Waals surface area contributed by atoms with Gasteiger partial charge in [0.2, 0.25) is 10.0 Å². The molecule has 8 heteroatoms. The van der Waals surface area contributed by atoms with Gasteiger partial charge in [-0.3, -0.25) is 9.52 Å². The summed E-state index contributed by atoms with van der Waals surface area (Å²) < 4.78 is 30.6. The van der Waals surface area contributed by atoms with Crippen molar-refractivity contribution in [2.24, 2.45) is 0 Å². The normalized spacial score (nSPS) is 11.2. The fraction of sp³-hybridized carbons (Fsp3) is 0.417. The Hall–Kier alpha value is -1.47. The highest BCUT2D eigenvalue weighted by molar-refractivity contribution is 7.92. The van der Waals surface area contributed by atoms with Crippen molar-refractivity contribution in [3.8, 4) is 0 Å². The van der Waals surface area contributed by atoms with Crippen molar-refractivity contribution in [2.75, 3.05) is 23.3 Å². The summed E-state index contributed by atoms with van der Waals surface area (Å²) in [5, 5.41) is 0.280. The molecule has 0 aliphatic heterocycles. The zero-order valence-corrected chi connectivity index (χ0v) is 12.8. The topological polar surface area (TPSA) is 98.5 Å². The van der Waals surface area contributed by atoms with Crippen LogP contribution in [-0.2, 0) is 19.6 Å². The number of carbonyl (C=O) groups is 1. The third-order valence-electron chi connectivity index (χ3n) is 2.63. The Balaban J connectivity index is 2.71. The molecule has 0 heterocycles. The predicted molar refractivity (Wildman–Crippen MR) is 79.3 cm³/mol. The van der Waals surface area contributed by atoms with Gasteiger partial charge in [0.15, 0.2) is 0 Å². The third kappa shape index (κ3) is 4.90. The summed E-state index contributed by atoms with van der Waals surface area (Å²) in [5.41, 5.74) is 7.06. The number of hydrogen-bond acceptors (Lipinski definition) is 5. The number of nitrogens with one attached hydrogen (secondary N) is 1. The van der Waals surface area contributed by atoms with E-state index in [1.54, 1.807) is 13.0 Å². The minimum Gasteiger partial charge on any atom is -0.469 e. The van der Waals surface area contributed by atoms with E-state index in [1.165, 1.54) is 13.2 Å². The second kappa shape index (κ2) is 6.81. The first-order valence-corrected chi connectivity index (χ1v) is 7.91. The first-order chi connectivity index (χ1) is 9.25. The Morgan fingerprint density at radius 2 is 2.10 bits per heavy atom. The van der Waals surface area contributed by atoms with Crippen LogP contribution in [-0.4, -0.2) is 27.2 Å². The number of nitrogen functional groups attached to an aromatic ring is 1. The summed E-state index contributed by atoms with van der Waals surface area (Å²) in [6, 6.07) is 3.05. The summed E-state index contributed by atoms with van der Waals surface area (Å²) in [6.07, 6.45) is 0.239. The molecule has 0 spiro atoms. The van der Waals surface area contributed by atoms with Crippen LogP contribution in [0.3, 0.4) is 0 Å². The summed E-state index contributed by atoms with van der Waals surface area (Å²) in [4.78, 5) is 10.9. The second-order valence-electron chi connectivity index (χ2n) is 4.29. The maximum absolute atomic E-state index is 11.9. The number of carbonyl (C=O) groups excluding carboxylic acids is 1. The van der Waals surface area contributed by atoms with Crippen LogP contribution in [0.1, 0.15) is 18.4 Å². The number of methoxy groups -OCH3 is 1. The van der Waals surface area contributed by atoms with E-state index in [0.29, 0.717) is 16.9 Å². The summed E-state index contributed by atoms with van der Waals surface area (Å²) in [6.45, 7) is 1.72. The van der Waals surface area contributed by atoms with Crippen molar-refractivity contribution in [3.63, 3.8) is 0 Å². The molecule has 1 aromatic carbocycles. The van der Waals surface area contributed by atoms with Crippen molar-refractivity contribution in [1.82, 2.24) is 0 Å². The lowest BCUT2D eigenvalue weighted by molar-refractivity contribution is -0.140. The molecular formula is C12H17ClN2O4S. The van der Waals surface area contributed by atoms with Crippen LogP contribution in [0.4, 0.5) is 11.4 Å². The molecule has 0 saturated carbocycles. The van der Waals surface area contributed by atoms with Crippen LogP contribution in [0.5, 0.6) is 0 Å². The minimum atomic E-state index is -3.55. The number of esters is 1. The molecule has 0 amide bonds. The van der Waals surface area contributed by atoms with Crippen LogP contribution in [0, 0.1) is 6.92 Å². The van der Waals surface area contributed by atoms with E-state index in [0.717, 1.165) is 0 Å². The monoisotopic (exact) mass is 320 g/mol. The van der Waals surface area contributed by atoms with Gasteiger partial charge in [-0.2, -0.15) is 0 Å². The van der Waals surface area contributed by atoms with E-state index < -0.39 is 16.0 Å². The number of rotatable bonds is 6. The molecule has 0 saturated heterocycles. The number of ether oxygens (including phenoxy) is 1. The van der Waals surface area contributed by atoms with E-state index >= 15 is 0 Å². The van der Waals surface area contributed by atoms with Gasteiger partial charge in [0.1, 0.15) is 0 Å².